The summed E-state index contributed by atoms with van der Waals surface area (Å²) in [5.74, 6) is 0.921. The average Bonchev–Trinajstić information content (AvgIpc) is 2.76. The van der Waals surface area contributed by atoms with E-state index in [-0.39, 0.29) is 11.9 Å². The highest BCUT2D eigenvalue weighted by Crippen LogP contribution is 2.19. The predicted octanol–water partition coefficient (Wildman–Crippen LogP) is 2.20. The molecule has 1 amide bonds. The fraction of sp³-hybridized carbons (Fsp3) is 0.571. The van der Waals surface area contributed by atoms with Crippen molar-refractivity contribution in [2.75, 3.05) is 0 Å². The van der Waals surface area contributed by atoms with Crippen LogP contribution in [0.4, 0.5) is 0 Å². The lowest BCUT2D eigenvalue weighted by atomic mass is 9.95. The molecule has 18 heavy (non-hydrogen) atoms. The van der Waals surface area contributed by atoms with Crippen LogP contribution in [0.1, 0.15) is 38.4 Å². The maximum absolute atomic E-state index is 11.9. The van der Waals surface area contributed by atoms with Gasteiger partial charge in [-0.15, -0.1) is 0 Å². The van der Waals surface area contributed by atoms with E-state index in [1.807, 2.05) is 17.7 Å². The molecule has 1 aromatic heterocycles. The second-order valence-corrected chi connectivity index (χ2v) is 4.92. The number of carbonyl (C=O) groups excluding carboxylic acids is 1. The quantitative estimate of drug-likeness (QED) is 0.829. The summed E-state index contributed by atoms with van der Waals surface area (Å²) in [5.41, 5.74) is 1.37. The lowest BCUT2D eigenvalue weighted by molar-refractivity contribution is -0.122. The molecule has 1 atom stereocenters. The van der Waals surface area contributed by atoms with Crippen LogP contribution in [0.15, 0.2) is 24.0 Å². The van der Waals surface area contributed by atoms with E-state index in [1.54, 1.807) is 6.20 Å². The van der Waals surface area contributed by atoms with Crippen LogP contribution >= 0.6 is 0 Å². The third-order valence-corrected chi connectivity index (χ3v) is 3.50. The summed E-state index contributed by atoms with van der Waals surface area (Å²) in [6, 6.07) is 0.154. The normalized spacial score (nSPS) is 17.1. The molecule has 0 saturated heterocycles. The number of hydrogen-bond donors (Lipinski definition) is 1. The van der Waals surface area contributed by atoms with Gasteiger partial charge in [0.2, 0.25) is 5.91 Å². The standard InChI is InChI=1S/C14H21N3O/c1-11(13-6-4-3-5-7-13)16-14(18)10-17-9-8-15-12(17)2/h6,8-9,11H,3-5,7,10H2,1-2H3,(H,16,18). The first kappa shape index (κ1) is 12.9. The summed E-state index contributed by atoms with van der Waals surface area (Å²) in [7, 11) is 0. The minimum atomic E-state index is 0.0510. The molecule has 0 aromatic carbocycles. The maximum atomic E-state index is 11.9. The van der Waals surface area contributed by atoms with Crippen molar-refractivity contribution < 1.29 is 4.79 Å². The second kappa shape index (κ2) is 5.85. The van der Waals surface area contributed by atoms with Crippen molar-refractivity contribution in [1.82, 2.24) is 14.9 Å². The Morgan fingerprint density at radius 1 is 1.56 bits per heavy atom. The van der Waals surface area contributed by atoms with Crippen LogP contribution in [0, 0.1) is 6.92 Å². The highest BCUT2D eigenvalue weighted by atomic mass is 16.2. The Bertz CT molecular complexity index is 448. The number of nitrogens with one attached hydrogen (secondary N) is 1. The number of hydrogen-bond acceptors (Lipinski definition) is 2. The van der Waals surface area contributed by atoms with Crippen LogP contribution in [0.5, 0.6) is 0 Å². The summed E-state index contributed by atoms with van der Waals surface area (Å²) in [5, 5.41) is 3.06. The fourth-order valence-electron chi connectivity index (χ4n) is 2.36. The molecule has 98 valence electrons. The molecule has 4 nitrogen and oxygen atoms in total. The molecular formula is C14H21N3O. The molecule has 2 rings (SSSR count). The Hall–Kier alpha value is -1.58. The van der Waals surface area contributed by atoms with Crippen LogP contribution in [0.25, 0.3) is 0 Å². The van der Waals surface area contributed by atoms with Gasteiger partial charge in [0.25, 0.3) is 0 Å². The van der Waals surface area contributed by atoms with Gasteiger partial charge in [-0.2, -0.15) is 0 Å². The van der Waals surface area contributed by atoms with Crippen molar-refractivity contribution in [1.29, 1.82) is 0 Å². The lowest BCUT2D eigenvalue weighted by Gasteiger charge is -2.21. The topological polar surface area (TPSA) is 46.9 Å². The van der Waals surface area contributed by atoms with Gasteiger partial charge in [-0.05, 0) is 39.5 Å². The van der Waals surface area contributed by atoms with Crippen molar-refractivity contribution in [3.8, 4) is 0 Å². The van der Waals surface area contributed by atoms with Crippen molar-refractivity contribution in [2.24, 2.45) is 0 Å². The molecule has 0 bridgehead atoms. The zero-order valence-corrected chi connectivity index (χ0v) is 11.1. The number of aryl methyl sites for hydroxylation is 1. The van der Waals surface area contributed by atoms with Crippen LogP contribution in [0.3, 0.4) is 0 Å². The van der Waals surface area contributed by atoms with E-state index in [0.29, 0.717) is 6.54 Å². The number of aromatic nitrogens is 2. The van der Waals surface area contributed by atoms with Crippen LogP contribution in [-0.4, -0.2) is 21.5 Å². The molecule has 1 aromatic rings. The first-order chi connectivity index (χ1) is 8.66. The summed E-state index contributed by atoms with van der Waals surface area (Å²) < 4.78 is 1.86. The second-order valence-electron chi connectivity index (χ2n) is 4.92. The molecule has 1 N–H and O–H groups in total. The zero-order valence-electron chi connectivity index (χ0n) is 11.1. The minimum absolute atomic E-state index is 0.0510. The minimum Gasteiger partial charge on any atom is -0.348 e. The summed E-state index contributed by atoms with van der Waals surface area (Å²) in [6.07, 6.45) is 10.6. The summed E-state index contributed by atoms with van der Waals surface area (Å²) >= 11 is 0. The van der Waals surface area contributed by atoms with E-state index in [2.05, 4.69) is 23.3 Å². The van der Waals surface area contributed by atoms with Gasteiger partial charge in [-0.1, -0.05) is 11.6 Å². The molecule has 0 fully saturated rings. The first-order valence-electron chi connectivity index (χ1n) is 6.63. The smallest absolute Gasteiger partial charge is 0.240 e. The molecule has 0 saturated carbocycles. The van der Waals surface area contributed by atoms with E-state index in [9.17, 15) is 4.79 Å². The average molecular weight is 247 g/mol. The van der Waals surface area contributed by atoms with Gasteiger partial charge in [0.1, 0.15) is 12.4 Å². The highest BCUT2D eigenvalue weighted by Gasteiger charge is 2.14. The molecule has 1 heterocycles. The van der Waals surface area contributed by atoms with E-state index in [0.717, 1.165) is 18.7 Å². The molecule has 0 radical (unpaired) electrons. The molecule has 0 aliphatic heterocycles. The van der Waals surface area contributed by atoms with Gasteiger partial charge in [-0.25, -0.2) is 4.98 Å². The Balaban J connectivity index is 1.87. The predicted molar refractivity (Wildman–Crippen MR) is 71.1 cm³/mol. The van der Waals surface area contributed by atoms with Gasteiger partial charge < -0.3 is 9.88 Å². The monoisotopic (exact) mass is 247 g/mol. The van der Waals surface area contributed by atoms with Crippen molar-refractivity contribution in [3.63, 3.8) is 0 Å². The van der Waals surface area contributed by atoms with Crippen LogP contribution in [-0.2, 0) is 11.3 Å². The molecular weight excluding hydrogens is 226 g/mol. The molecule has 1 unspecified atom stereocenters. The Morgan fingerprint density at radius 3 is 3.00 bits per heavy atom. The number of rotatable bonds is 4. The highest BCUT2D eigenvalue weighted by molar-refractivity contribution is 5.76. The third kappa shape index (κ3) is 3.22. The molecule has 1 aliphatic carbocycles. The summed E-state index contributed by atoms with van der Waals surface area (Å²) in [4.78, 5) is 16.0. The number of allylic oxidation sites excluding steroid dienone is 1. The Kier molecular flexibility index (Phi) is 4.18. The lowest BCUT2D eigenvalue weighted by Crippen LogP contribution is -2.36. The van der Waals surface area contributed by atoms with Gasteiger partial charge in [0, 0.05) is 18.4 Å². The van der Waals surface area contributed by atoms with Crippen molar-refractivity contribution in [2.45, 2.75) is 52.1 Å². The third-order valence-electron chi connectivity index (χ3n) is 3.50. The largest absolute Gasteiger partial charge is 0.348 e. The number of nitrogens with zero attached hydrogens (tertiary/aromatic N) is 2. The van der Waals surface area contributed by atoms with Crippen LogP contribution < -0.4 is 5.32 Å². The van der Waals surface area contributed by atoms with Gasteiger partial charge in [-0.3, -0.25) is 4.79 Å². The van der Waals surface area contributed by atoms with E-state index >= 15 is 0 Å². The fourth-order valence-corrected chi connectivity index (χ4v) is 2.36. The summed E-state index contributed by atoms with van der Waals surface area (Å²) in [6.45, 7) is 4.32. The maximum Gasteiger partial charge on any atom is 0.240 e. The van der Waals surface area contributed by atoms with Gasteiger partial charge >= 0.3 is 0 Å². The SMILES string of the molecule is Cc1nccn1CC(=O)NC(C)C1=CCCCC1. The molecule has 0 spiro atoms. The Morgan fingerprint density at radius 2 is 2.39 bits per heavy atom. The Labute approximate surface area is 108 Å². The molecule has 1 aliphatic rings. The number of carbonyl (C=O) groups is 1. The van der Waals surface area contributed by atoms with Crippen molar-refractivity contribution >= 4 is 5.91 Å². The number of amides is 1. The van der Waals surface area contributed by atoms with E-state index in [4.69, 9.17) is 0 Å². The molecule has 4 heteroatoms. The first-order valence-corrected chi connectivity index (χ1v) is 6.63. The van der Waals surface area contributed by atoms with Crippen molar-refractivity contribution in [3.05, 3.63) is 29.9 Å². The van der Waals surface area contributed by atoms with E-state index < -0.39 is 0 Å². The zero-order chi connectivity index (χ0) is 13.0. The van der Waals surface area contributed by atoms with E-state index in [1.165, 1.54) is 18.4 Å². The van der Waals surface area contributed by atoms with Crippen LogP contribution in [0.2, 0.25) is 0 Å². The van der Waals surface area contributed by atoms with Gasteiger partial charge in [0.05, 0.1) is 0 Å². The number of imidazole rings is 1. The van der Waals surface area contributed by atoms with Gasteiger partial charge in [0.15, 0.2) is 0 Å².